The Balaban J connectivity index is 0.000000263. The molecule has 4 rings (SSSR count). The lowest BCUT2D eigenvalue weighted by Gasteiger charge is -2.43. The average Bonchev–Trinajstić information content (AvgIpc) is 3.39. The van der Waals surface area contributed by atoms with Crippen LogP contribution in [0.2, 0.25) is 0 Å². The Hall–Kier alpha value is -3.02. The summed E-state index contributed by atoms with van der Waals surface area (Å²) in [7, 11) is 0. The number of carbonyl (C=O) groups is 4. The summed E-state index contributed by atoms with van der Waals surface area (Å²) in [5.74, 6) is -4.70. The number of nitrogens with one attached hydrogen (secondary N) is 1. The number of carboxylic acid groups (broad SMARTS) is 3. The van der Waals surface area contributed by atoms with Crippen molar-refractivity contribution in [2.75, 3.05) is 13.1 Å². The van der Waals surface area contributed by atoms with Gasteiger partial charge in [-0.2, -0.15) is 0 Å². The van der Waals surface area contributed by atoms with Gasteiger partial charge in [-0.3, -0.25) is 9.59 Å². The maximum absolute atomic E-state index is 13.3. The number of ether oxygens (including phenoxy) is 1. The molecule has 38 heavy (non-hydrogen) atoms. The lowest BCUT2D eigenvalue weighted by Crippen LogP contribution is -2.54. The first-order valence-corrected chi connectivity index (χ1v) is 13.1. The summed E-state index contributed by atoms with van der Waals surface area (Å²) >= 11 is 0. The van der Waals surface area contributed by atoms with Gasteiger partial charge in [0.2, 0.25) is 0 Å². The summed E-state index contributed by atoms with van der Waals surface area (Å²) in [6, 6.07) is 9.43. The highest BCUT2D eigenvalue weighted by atomic mass is 16.6. The van der Waals surface area contributed by atoms with Gasteiger partial charge in [0.25, 0.3) is 0 Å². The molecular formula is C27H37NO10. The van der Waals surface area contributed by atoms with Crippen molar-refractivity contribution in [2.45, 2.75) is 75.1 Å². The molecule has 3 aliphatic rings. The van der Waals surface area contributed by atoms with Crippen molar-refractivity contribution >= 4 is 23.9 Å². The van der Waals surface area contributed by atoms with Gasteiger partial charge < -0.3 is 35.6 Å². The summed E-state index contributed by atoms with van der Waals surface area (Å²) in [5.41, 5.74) is -3.56. The number of aliphatic hydroxyl groups is 2. The van der Waals surface area contributed by atoms with Gasteiger partial charge in [0.15, 0.2) is 11.2 Å². The van der Waals surface area contributed by atoms with E-state index in [1.54, 1.807) is 0 Å². The van der Waals surface area contributed by atoms with Crippen molar-refractivity contribution in [1.29, 1.82) is 0 Å². The molecule has 0 spiro atoms. The Morgan fingerprint density at radius 1 is 0.816 bits per heavy atom. The largest absolute Gasteiger partial charge is 0.481 e. The fraction of sp³-hybridized carbons (Fsp3) is 0.630. The number of benzene rings is 1. The van der Waals surface area contributed by atoms with E-state index in [4.69, 9.17) is 25.2 Å². The normalized spacial score (nSPS) is 24.8. The van der Waals surface area contributed by atoms with Gasteiger partial charge in [-0.15, -0.1) is 0 Å². The number of rotatable bonds is 9. The van der Waals surface area contributed by atoms with Crippen LogP contribution in [0.25, 0.3) is 0 Å². The third-order valence-corrected chi connectivity index (χ3v) is 7.89. The number of hydrogen-bond donors (Lipinski definition) is 6. The van der Waals surface area contributed by atoms with Gasteiger partial charge in [-0.05, 0) is 31.2 Å². The van der Waals surface area contributed by atoms with Crippen LogP contribution in [0.4, 0.5) is 0 Å². The van der Waals surface area contributed by atoms with Crippen LogP contribution in [0.15, 0.2) is 30.3 Å². The second-order valence-electron chi connectivity index (χ2n) is 10.6. The molecule has 6 N–H and O–H groups in total. The van der Waals surface area contributed by atoms with E-state index in [0.29, 0.717) is 17.4 Å². The molecule has 0 amide bonds. The standard InChI is InChI=1S/C21H29NO3.C6H8O7/c23-20(25-19-15-7-6-8-16(19)14-22-13-15)21(24,18-11-4-5-12-18)17-9-2-1-3-10-17;7-3(8)1-6(13,5(11)12)2-4(9)10/h1-3,9-10,15-16,18-19,22,24H,4-8,11-14H2;13H,1-2H2,(H,7,8)(H,9,10)(H,11,12)/t15?,16?,19?,21-;/m0./s1. The second kappa shape index (κ2) is 12.7. The quantitative estimate of drug-likeness (QED) is 0.253. The zero-order valence-electron chi connectivity index (χ0n) is 21.3. The van der Waals surface area contributed by atoms with E-state index in [2.05, 4.69) is 5.32 Å². The number of carboxylic acids is 3. The number of aliphatic carboxylic acids is 3. The molecular weight excluding hydrogens is 498 g/mol. The Kier molecular flexibility index (Phi) is 9.86. The van der Waals surface area contributed by atoms with Crippen LogP contribution < -0.4 is 5.32 Å². The highest BCUT2D eigenvalue weighted by Gasteiger charge is 2.50. The minimum atomic E-state index is -2.74. The third-order valence-electron chi connectivity index (χ3n) is 7.89. The van der Waals surface area contributed by atoms with Crippen LogP contribution in [0.3, 0.4) is 0 Å². The lowest BCUT2D eigenvalue weighted by molar-refractivity contribution is -0.189. The zero-order valence-corrected chi connectivity index (χ0v) is 21.3. The van der Waals surface area contributed by atoms with Crippen molar-refractivity contribution in [2.24, 2.45) is 17.8 Å². The molecule has 3 fully saturated rings. The smallest absolute Gasteiger partial charge is 0.343 e. The van der Waals surface area contributed by atoms with E-state index in [9.17, 15) is 24.3 Å². The average molecular weight is 536 g/mol. The van der Waals surface area contributed by atoms with Crippen LogP contribution in [-0.2, 0) is 29.5 Å². The van der Waals surface area contributed by atoms with Crippen molar-refractivity contribution in [3.63, 3.8) is 0 Å². The predicted molar refractivity (Wildman–Crippen MR) is 133 cm³/mol. The number of esters is 1. The molecule has 210 valence electrons. The van der Waals surface area contributed by atoms with E-state index in [1.807, 2.05) is 30.3 Å². The first kappa shape index (κ1) is 29.5. The molecule has 0 radical (unpaired) electrons. The van der Waals surface area contributed by atoms with E-state index in [1.165, 1.54) is 6.42 Å². The van der Waals surface area contributed by atoms with Gasteiger partial charge in [0.05, 0.1) is 12.8 Å². The van der Waals surface area contributed by atoms with E-state index >= 15 is 0 Å². The molecule has 2 saturated carbocycles. The monoisotopic (exact) mass is 535 g/mol. The maximum Gasteiger partial charge on any atom is 0.343 e. The summed E-state index contributed by atoms with van der Waals surface area (Å²) in [6.45, 7) is 1.84. The van der Waals surface area contributed by atoms with Crippen LogP contribution in [-0.4, -0.2) is 74.2 Å². The van der Waals surface area contributed by atoms with Gasteiger partial charge >= 0.3 is 23.9 Å². The molecule has 1 aromatic carbocycles. The first-order valence-electron chi connectivity index (χ1n) is 13.1. The highest BCUT2D eigenvalue weighted by Crippen LogP contribution is 2.43. The Morgan fingerprint density at radius 2 is 1.34 bits per heavy atom. The van der Waals surface area contributed by atoms with Gasteiger partial charge in [0, 0.05) is 30.8 Å². The first-order chi connectivity index (χ1) is 18.0. The highest BCUT2D eigenvalue weighted by molar-refractivity contribution is 5.88. The second-order valence-corrected chi connectivity index (χ2v) is 10.6. The summed E-state index contributed by atoms with van der Waals surface area (Å²) in [6.07, 6.45) is 5.03. The van der Waals surface area contributed by atoms with E-state index < -0.39 is 47.9 Å². The van der Waals surface area contributed by atoms with E-state index in [-0.39, 0.29) is 12.0 Å². The zero-order chi connectivity index (χ0) is 27.9. The minimum Gasteiger partial charge on any atom is -0.481 e. The SMILES string of the molecule is O=C(O)CC(O)(CC(=O)O)C(=O)O.O=C(OC1C2CCCC1CNC2)[C@](O)(c1ccccc1)C1CCCC1. The molecule has 1 aromatic rings. The predicted octanol–water partition coefficient (Wildman–Crippen LogP) is 1.75. The molecule has 3 atom stereocenters. The molecule has 11 heteroatoms. The van der Waals surface area contributed by atoms with Crippen molar-refractivity contribution in [3.05, 3.63) is 35.9 Å². The van der Waals surface area contributed by atoms with Crippen LogP contribution in [0.5, 0.6) is 0 Å². The van der Waals surface area contributed by atoms with Gasteiger partial charge in [-0.1, -0.05) is 49.6 Å². The molecule has 0 aromatic heterocycles. The van der Waals surface area contributed by atoms with Crippen LogP contribution >= 0.6 is 0 Å². The molecule has 11 nitrogen and oxygen atoms in total. The lowest BCUT2D eigenvalue weighted by atomic mass is 9.75. The Bertz CT molecular complexity index is 955. The van der Waals surface area contributed by atoms with Crippen LogP contribution in [0, 0.1) is 17.8 Å². The number of hydrogen-bond acceptors (Lipinski definition) is 8. The number of piperidine rings is 1. The van der Waals surface area contributed by atoms with Crippen LogP contribution in [0.1, 0.15) is 63.4 Å². The van der Waals surface area contributed by atoms with Gasteiger partial charge in [-0.25, -0.2) is 9.59 Å². The molecule has 1 heterocycles. The third kappa shape index (κ3) is 6.89. The Labute approximate surface area is 220 Å². The fourth-order valence-electron chi connectivity index (χ4n) is 5.92. The molecule has 2 bridgehead atoms. The number of carbonyl (C=O) groups excluding carboxylic acids is 1. The summed E-state index contributed by atoms with van der Waals surface area (Å²) < 4.78 is 6.06. The molecule has 1 saturated heterocycles. The fourth-order valence-corrected chi connectivity index (χ4v) is 5.92. The van der Waals surface area contributed by atoms with Crippen molar-refractivity contribution in [1.82, 2.24) is 5.32 Å². The Morgan fingerprint density at radius 3 is 1.82 bits per heavy atom. The summed E-state index contributed by atoms with van der Waals surface area (Å²) in [4.78, 5) is 43.7. The molecule has 2 aliphatic carbocycles. The number of fused-ring (bicyclic) bond motifs is 2. The van der Waals surface area contributed by atoms with Crippen molar-refractivity contribution < 1.29 is 49.4 Å². The van der Waals surface area contributed by atoms with Crippen molar-refractivity contribution in [3.8, 4) is 0 Å². The molecule has 2 unspecified atom stereocenters. The topological polar surface area (TPSA) is 191 Å². The van der Waals surface area contributed by atoms with Gasteiger partial charge in [0.1, 0.15) is 6.10 Å². The molecule has 1 aliphatic heterocycles. The van der Waals surface area contributed by atoms with E-state index in [0.717, 1.165) is 51.6 Å². The maximum atomic E-state index is 13.3. The summed E-state index contributed by atoms with van der Waals surface area (Å²) in [5, 5.41) is 48.8. The minimum absolute atomic E-state index is 0.0380.